The lowest BCUT2D eigenvalue weighted by Crippen LogP contribution is -2.38. The SMILES string of the molecule is CCC1CCN(S(=O)(=O)c2cc(Br)c(F)cc2N)CC1. The Hall–Kier alpha value is -0.660. The molecule has 20 heavy (non-hydrogen) atoms. The molecule has 0 aromatic heterocycles. The zero-order valence-electron chi connectivity index (χ0n) is 11.3. The Kier molecular flexibility index (Phi) is 4.71. The van der Waals surface area contributed by atoms with Gasteiger partial charge in [0.2, 0.25) is 10.0 Å². The Morgan fingerprint density at radius 3 is 2.55 bits per heavy atom. The first-order valence-corrected chi connectivity index (χ1v) is 8.84. The third-order valence-corrected chi connectivity index (χ3v) is 6.38. The summed E-state index contributed by atoms with van der Waals surface area (Å²) < 4.78 is 40.0. The van der Waals surface area contributed by atoms with Crippen molar-refractivity contribution in [3.05, 3.63) is 22.4 Å². The zero-order valence-corrected chi connectivity index (χ0v) is 13.7. The van der Waals surface area contributed by atoms with Crippen LogP contribution in [0.15, 0.2) is 21.5 Å². The molecule has 0 bridgehead atoms. The maximum Gasteiger partial charge on any atom is 0.245 e. The predicted octanol–water partition coefficient (Wildman–Crippen LogP) is 2.98. The highest BCUT2D eigenvalue weighted by molar-refractivity contribution is 9.10. The van der Waals surface area contributed by atoms with Crippen LogP contribution in [0.2, 0.25) is 0 Å². The normalized spacial score (nSPS) is 18.4. The minimum absolute atomic E-state index is 0.0271. The minimum atomic E-state index is -3.65. The molecule has 0 radical (unpaired) electrons. The van der Waals surface area contributed by atoms with Gasteiger partial charge in [-0.05, 0) is 46.8 Å². The molecule has 1 aromatic carbocycles. The summed E-state index contributed by atoms with van der Waals surface area (Å²) in [6.07, 6.45) is 2.79. The molecule has 0 amide bonds. The molecule has 0 spiro atoms. The summed E-state index contributed by atoms with van der Waals surface area (Å²) in [5.74, 6) is 0.0184. The van der Waals surface area contributed by atoms with Gasteiger partial charge in [-0.2, -0.15) is 4.31 Å². The summed E-state index contributed by atoms with van der Waals surface area (Å²) in [4.78, 5) is -0.0271. The summed E-state index contributed by atoms with van der Waals surface area (Å²) in [7, 11) is -3.65. The first kappa shape index (κ1) is 15.7. The topological polar surface area (TPSA) is 63.4 Å². The number of hydrogen-bond acceptors (Lipinski definition) is 3. The molecule has 0 aliphatic carbocycles. The van der Waals surface area contributed by atoms with Crippen molar-refractivity contribution in [2.75, 3.05) is 18.8 Å². The van der Waals surface area contributed by atoms with Crippen molar-refractivity contribution < 1.29 is 12.8 Å². The summed E-state index contributed by atoms with van der Waals surface area (Å²) in [5, 5.41) is 0. The van der Waals surface area contributed by atoms with Crippen LogP contribution >= 0.6 is 15.9 Å². The first-order chi connectivity index (χ1) is 9.36. The predicted molar refractivity (Wildman–Crippen MR) is 80.3 cm³/mol. The van der Waals surface area contributed by atoms with Crippen molar-refractivity contribution in [3.63, 3.8) is 0 Å². The van der Waals surface area contributed by atoms with E-state index in [0.29, 0.717) is 19.0 Å². The maximum absolute atomic E-state index is 13.4. The minimum Gasteiger partial charge on any atom is -0.398 e. The fourth-order valence-electron chi connectivity index (χ4n) is 2.46. The van der Waals surface area contributed by atoms with Crippen molar-refractivity contribution in [3.8, 4) is 0 Å². The van der Waals surface area contributed by atoms with Gasteiger partial charge in [0.25, 0.3) is 0 Å². The number of nitrogen functional groups attached to an aromatic ring is 1. The molecule has 2 rings (SSSR count). The molecule has 7 heteroatoms. The molecule has 1 aliphatic rings. The molecule has 2 N–H and O–H groups in total. The Morgan fingerprint density at radius 1 is 1.40 bits per heavy atom. The van der Waals surface area contributed by atoms with Gasteiger partial charge in [-0.25, -0.2) is 12.8 Å². The quantitative estimate of drug-likeness (QED) is 0.838. The van der Waals surface area contributed by atoms with Crippen LogP contribution in [-0.2, 0) is 10.0 Å². The van der Waals surface area contributed by atoms with Crippen LogP contribution in [0.25, 0.3) is 0 Å². The van der Waals surface area contributed by atoms with Crippen LogP contribution in [0.3, 0.4) is 0 Å². The highest BCUT2D eigenvalue weighted by Gasteiger charge is 2.30. The van der Waals surface area contributed by atoms with Crippen LogP contribution < -0.4 is 5.73 Å². The molecule has 0 atom stereocenters. The number of nitrogens with zero attached hydrogens (tertiary/aromatic N) is 1. The summed E-state index contributed by atoms with van der Waals surface area (Å²) >= 11 is 3.00. The molecule has 1 aromatic rings. The van der Waals surface area contributed by atoms with Gasteiger partial charge in [0, 0.05) is 13.1 Å². The number of rotatable bonds is 3. The van der Waals surface area contributed by atoms with Crippen molar-refractivity contribution >= 4 is 31.6 Å². The Labute approximate surface area is 127 Å². The van der Waals surface area contributed by atoms with E-state index in [4.69, 9.17) is 5.73 Å². The number of anilines is 1. The Morgan fingerprint density at radius 2 is 2.00 bits per heavy atom. The van der Waals surface area contributed by atoms with E-state index in [-0.39, 0.29) is 15.1 Å². The summed E-state index contributed by atoms with van der Waals surface area (Å²) in [6.45, 7) is 3.11. The van der Waals surface area contributed by atoms with E-state index in [0.717, 1.165) is 25.3 Å². The second-order valence-electron chi connectivity index (χ2n) is 5.06. The average molecular weight is 365 g/mol. The molecule has 1 heterocycles. The number of sulfonamides is 1. The van der Waals surface area contributed by atoms with Crippen LogP contribution in [-0.4, -0.2) is 25.8 Å². The number of nitrogens with two attached hydrogens (primary N) is 1. The number of piperidine rings is 1. The first-order valence-electron chi connectivity index (χ1n) is 6.61. The van der Waals surface area contributed by atoms with Gasteiger partial charge in [0.05, 0.1) is 10.2 Å². The molecule has 112 valence electrons. The van der Waals surface area contributed by atoms with Gasteiger partial charge in [0.15, 0.2) is 0 Å². The van der Waals surface area contributed by atoms with Gasteiger partial charge in [0.1, 0.15) is 10.7 Å². The van der Waals surface area contributed by atoms with Gasteiger partial charge < -0.3 is 5.73 Å². The second-order valence-corrected chi connectivity index (χ2v) is 7.82. The smallest absolute Gasteiger partial charge is 0.245 e. The van der Waals surface area contributed by atoms with E-state index in [1.165, 1.54) is 10.4 Å². The highest BCUT2D eigenvalue weighted by Crippen LogP contribution is 2.31. The van der Waals surface area contributed by atoms with Crippen molar-refractivity contribution in [2.45, 2.75) is 31.1 Å². The van der Waals surface area contributed by atoms with Crippen molar-refractivity contribution in [1.82, 2.24) is 4.31 Å². The summed E-state index contributed by atoms with van der Waals surface area (Å²) in [5.41, 5.74) is 5.62. The van der Waals surface area contributed by atoms with Gasteiger partial charge in [-0.15, -0.1) is 0 Å². The van der Waals surface area contributed by atoms with Gasteiger partial charge in [-0.3, -0.25) is 0 Å². The van der Waals surface area contributed by atoms with E-state index in [1.807, 2.05) is 0 Å². The molecule has 1 fully saturated rings. The number of hydrogen-bond donors (Lipinski definition) is 1. The largest absolute Gasteiger partial charge is 0.398 e. The third kappa shape index (κ3) is 2.99. The van der Waals surface area contributed by atoms with E-state index < -0.39 is 15.8 Å². The number of benzene rings is 1. The highest BCUT2D eigenvalue weighted by atomic mass is 79.9. The molecule has 1 aliphatic heterocycles. The molecule has 0 unspecified atom stereocenters. The van der Waals surface area contributed by atoms with Gasteiger partial charge in [-0.1, -0.05) is 13.3 Å². The second kappa shape index (κ2) is 5.99. The van der Waals surface area contributed by atoms with Crippen LogP contribution in [0, 0.1) is 11.7 Å². The fourth-order valence-corrected chi connectivity index (χ4v) is 4.55. The van der Waals surface area contributed by atoms with E-state index in [2.05, 4.69) is 22.9 Å². The lowest BCUT2D eigenvalue weighted by atomic mass is 9.96. The van der Waals surface area contributed by atoms with Crippen molar-refractivity contribution in [1.29, 1.82) is 0 Å². The molecule has 4 nitrogen and oxygen atoms in total. The molecular formula is C13H18BrFN2O2S. The summed E-state index contributed by atoms with van der Waals surface area (Å²) in [6, 6.07) is 2.28. The fraction of sp³-hybridized carbons (Fsp3) is 0.538. The molecule has 0 saturated carbocycles. The monoisotopic (exact) mass is 364 g/mol. The Bertz CT molecular complexity index is 599. The van der Waals surface area contributed by atoms with Crippen LogP contribution in [0.5, 0.6) is 0 Å². The Balaban J connectivity index is 2.30. The van der Waals surface area contributed by atoms with Crippen LogP contribution in [0.4, 0.5) is 10.1 Å². The van der Waals surface area contributed by atoms with Crippen molar-refractivity contribution in [2.24, 2.45) is 5.92 Å². The lowest BCUT2D eigenvalue weighted by Gasteiger charge is -2.31. The third-order valence-electron chi connectivity index (χ3n) is 3.82. The average Bonchev–Trinajstić information content (AvgIpc) is 2.42. The zero-order chi connectivity index (χ0) is 14.9. The molecule has 1 saturated heterocycles. The standard InChI is InChI=1S/C13H18BrFN2O2S/c1-2-9-3-5-17(6-4-9)20(18,19)13-7-10(14)11(15)8-12(13)16/h7-9H,2-6,16H2,1H3. The lowest BCUT2D eigenvalue weighted by molar-refractivity contribution is 0.269. The maximum atomic E-state index is 13.4. The van der Waals surface area contributed by atoms with E-state index in [9.17, 15) is 12.8 Å². The van der Waals surface area contributed by atoms with Crippen LogP contribution in [0.1, 0.15) is 26.2 Å². The van der Waals surface area contributed by atoms with E-state index in [1.54, 1.807) is 0 Å². The van der Waals surface area contributed by atoms with Gasteiger partial charge >= 0.3 is 0 Å². The molecular weight excluding hydrogens is 347 g/mol. The number of halogens is 2. The van der Waals surface area contributed by atoms with E-state index >= 15 is 0 Å².